The van der Waals surface area contributed by atoms with E-state index >= 15 is 0 Å². The van der Waals surface area contributed by atoms with Crippen molar-refractivity contribution in [1.29, 1.82) is 0 Å². The van der Waals surface area contributed by atoms with Gasteiger partial charge in [0.1, 0.15) is 0 Å². The van der Waals surface area contributed by atoms with Gasteiger partial charge in [-0.1, -0.05) is 33.0 Å². The minimum Gasteiger partial charge on any atom is -0.358 e. The minimum absolute atomic E-state index is 0.0686. The predicted molar refractivity (Wildman–Crippen MR) is 52.3 cm³/mol. The summed E-state index contributed by atoms with van der Waals surface area (Å²) in [6.07, 6.45) is 1.62. The van der Waals surface area contributed by atoms with Gasteiger partial charge in [0, 0.05) is 6.54 Å². The monoisotopic (exact) mass is 167 g/mol. The normalized spacial score (nSPS) is 12.7. The fourth-order valence-electron chi connectivity index (χ4n) is 1.61. The van der Waals surface area contributed by atoms with E-state index in [0.29, 0.717) is 6.54 Å². The Morgan fingerprint density at radius 1 is 1.33 bits per heavy atom. The number of hydrogen-bond acceptors (Lipinski definition) is 1. The molecule has 3 heteroatoms. The van der Waals surface area contributed by atoms with Crippen molar-refractivity contribution >= 4 is 14.3 Å². The molecule has 12 heavy (non-hydrogen) atoms. The third kappa shape index (κ3) is 6.26. The van der Waals surface area contributed by atoms with E-state index in [1.165, 1.54) is 0 Å². The maximum Gasteiger partial charge on any atom is 0.207 e. The highest BCUT2D eigenvalue weighted by Gasteiger charge is 2.24. The molecule has 0 aromatic carbocycles. The molecule has 0 bridgehead atoms. The Labute approximate surface area is 76.5 Å². The van der Waals surface area contributed by atoms with E-state index in [2.05, 4.69) is 19.2 Å². The molecule has 0 aliphatic rings. The second-order valence-electron chi connectivity index (χ2n) is 4.83. The average Bonchev–Trinajstić information content (AvgIpc) is 1.78. The summed E-state index contributed by atoms with van der Waals surface area (Å²) in [5, 5.41) is 2.50. The van der Waals surface area contributed by atoms with Crippen LogP contribution in [0, 0.1) is 5.41 Å². The molecule has 0 atom stereocenters. The number of carbonyl (C=O) groups excluding carboxylic acids is 1. The summed E-state index contributed by atoms with van der Waals surface area (Å²) >= 11 is 0. The van der Waals surface area contributed by atoms with Crippen LogP contribution >= 0.6 is 0 Å². The van der Waals surface area contributed by atoms with Gasteiger partial charge in [0.25, 0.3) is 0 Å². The molecule has 2 radical (unpaired) electrons. The van der Waals surface area contributed by atoms with E-state index in [-0.39, 0.29) is 10.7 Å². The average molecular weight is 167 g/mol. The Hall–Kier alpha value is -0.465. The first-order chi connectivity index (χ1) is 5.27. The van der Waals surface area contributed by atoms with Crippen molar-refractivity contribution in [3.8, 4) is 0 Å². The SMILES string of the molecule is [B]C(C)(C)CC(C)(C)CNC=O. The Morgan fingerprint density at radius 2 is 1.83 bits per heavy atom. The van der Waals surface area contributed by atoms with Gasteiger partial charge in [-0.05, 0) is 11.8 Å². The van der Waals surface area contributed by atoms with E-state index in [9.17, 15) is 4.79 Å². The lowest BCUT2D eigenvalue weighted by Gasteiger charge is -2.32. The molecular formula is C9H18BNO. The highest BCUT2D eigenvalue weighted by atomic mass is 16.1. The maximum absolute atomic E-state index is 10.1. The number of carbonyl (C=O) groups is 1. The number of rotatable bonds is 5. The number of nitrogens with one attached hydrogen (secondary N) is 1. The molecule has 0 aliphatic heterocycles. The summed E-state index contributed by atoms with van der Waals surface area (Å²) in [6.45, 7) is 8.86. The minimum atomic E-state index is -0.173. The van der Waals surface area contributed by atoms with Gasteiger partial charge in [0.05, 0.1) is 7.85 Å². The third-order valence-electron chi connectivity index (χ3n) is 1.60. The number of hydrogen-bond donors (Lipinski definition) is 1. The van der Waals surface area contributed by atoms with Gasteiger partial charge in [0.15, 0.2) is 0 Å². The van der Waals surface area contributed by atoms with Gasteiger partial charge < -0.3 is 5.32 Å². The fraction of sp³-hybridized carbons (Fsp3) is 0.889. The van der Waals surface area contributed by atoms with Crippen LogP contribution in [0.5, 0.6) is 0 Å². The molecule has 0 aromatic heterocycles. The quantitative estimate of drug-likeness (QED) is 0.488. The summed E-state index contributed by atoms with van der Waals surface area (Å²) in [5.41, 5.74) is 0.0686. The van der Waals surface area contributed by atoms with Crippen LogP contribution in [-0.2, 0) is 4.79 Å². The molecule has 0 unspecified atom stereocenters. The molecule has 0 spiro atoms. The van der Waals surface area contributed by atoms with Gasteiger partial charge in [-0.25, -0.2) is 0 Å². The van der Waals surface area contributed by atoms with Gasteiger partial charge in [-0.3, -0.25) is 4.79 Å². The summed E-state index contributed by atoms with van der Waals surface area (Å²) in [6, 6.07) is 0. The highest BCUT2D eigenvalue weighted by Crippen LogP contribution is 2.35. The summed E-state index contributed by atoms with van der Waals surface area (Å²) in [7, 11) is 5.88. The zero-order chi connectivity index (χ0) is 9.83. The highest BCUT2D eigenvalue weighted by molar-refractivity contribution is 6.14. The van der Waals surface area contributed by atoms with Crippen molar-refractivity contribution in [3.05, 3.63) is 0 Å². The lowest BCUT2D eigenvalue weighted by Crippen LogP contribution is -2.31. The topological polar surface area (TPSA) is 29.1 Å². The summed E-state index contributed by atoms with van der Waals surface area (Å²) in [5.74, 6) is 0. The lowest BCUT2D eigenvalue weighted by atomic mass is 9.63. The third-order valence-corrected chi connectivity index (χ3v) is 1.60. The Morgan fingerprint density at radius 3 is 2.17 bits per heavy atom. The molecule has 1 amide bonds. The van der Waals surface area contributed by atoms with E-state index in [1.54, 1.807) is 0 Å². The van der Waals surface area contributed by atoms with Gasteiger partial charge in [-0.15, -0.1) is 0 Å². The molecule has 0 saturated carbocycles. The fourth-order valence-corrected chi connectivity index (χ4v) is 1.61. The van der Waals surface area contributed by atoms with Crippen molar-refractivity contribution in [1.82, 2.24) is 5.32 Å². The second kappa shape index (κ2) is 3.97. The molecular weight excluding hydrogens is 149 g/mol. The van der Waals surface area contributed by atoms with E-state index < -0.39 is 0 Å². The standard InChI is InChI=1S/C9H18BNO/c1-8(2,6-11-7-12)5-9(3,4)10/h7H,5-6H2,1-4H3,(H,11,12). The maximum atomic E-state index is 10.1. The van der Waals surface area contributed by atoms with Crippen LogP contribution in [-0.4, -0.2) is 20.8 Å². The first kappa shape index (κ1) is 11.5. The number of amides is 1. The zero-order valence-corrected chi connectivity index (χ0v) is 8.48. The Balaban J connectivity index is 3.94. The zero-order valence-electron chi connectivity index (χ0n) is 8.48. The van der Waals surface area contributed by atoms with Crippen LogP contribution in [0.25, 0.3) is 0 Å². The van der Waals surface area contributed by atoms with Crippen LogP contribution in [0.3, 0.4) is 0 Å². The molecule has 0 heterocycles. The van der Waals surface area contributed by atoms with Crippen LogP contribution in [0.15, 0.2) is 0 Å². The lowest BCUT2D eigenvalue weighted by molar-refractivity contribution is -0.110. The Kier molecular flexibility index (Phi) is 3.81. The van der Waals surface area contributed by atoms with Crippen molar-refractivity contribution in [2.24, 2.45) is 5.41 Å². The predicted octanol–water partition coefficient (Wildman–Crippen LogP) is 1.52. The van der Waals surface area contributed by atoms with Crippen LogP contribution in [0.4, 0.5) is 0 Å². The Bertz CT molecular complexity index is 149. The molecule has 1 N–H and O–H groups in total. The second-order valence-corrected chi connectivity index (χ2v) is 4.83. The van der Waals surface area contributed by atoms with Gasteiger partial charge in [-0.2, -0.15) is 0 Å². The van der Waals surface area contributed by atoms with E-state index in [1.807, 2.05) is 13.8 Å². The van der Waals surface area contributed by atoms with Crippen molar-refractivity contribution in [2.75, 3.05) is 6.54 Å². The van der Waals surface area contributed by atoms with Gasteiger partial charge in [0.2, 0.25) is 6.41 Å². The smallest absolute Gasteiger partial charge is 0.207 e. The van der Waals surface area contributed by atoms with Gasteiger partial charge >= 0.3 is 0 Å². The van der Waals surface area contributed by atoms with E-state index in [4.69, 9.17) is 7.85 Å². The molecule has 0 fully saturated rings. The molecule has 68 valence electrons. The first-order valence-electron chi connectivity index (χ1n) is 4.23. The largest absolute Gasteiger partial charge is 0.358 e. The summed E-state index contributed by atoms with van der Waals surface area (Å²) < 4.78 is 0. The first-order valence-corrected chi connectivity index (χ1v) is 4.23. The van der Waals surface area contributed by atoms with Crippen molar-refractivity contribution < 1.29 is 4.79 Å². The molecule has 0 saturated heterocycles. The van der Waals surface area contributed by atoms with Crippen molar-refractivity contribution in [3.63, 3.8) is 0 Å². The van der Waals surface area contributed by atoms with Crippen LogP contribution in [0.1, 0.15) is 34.1 Å². The molecule has 0 aliphatic carbocycles. The van der Waals surface area contributed by atoms with Crippen molar-refractivity contribution in [2.45, 2.75) is 39.4 Å². The molecule has 2 nitrogen and oxygen atoms in total. The molecule has 0 rings (SSSR count). The van der Waals surface area contributed by atoms with Crippen LogP contribution in [0.2, 0.25) is 5.31 Å². The molecule has 0 aromatic rings. The van der Waals surface area contributed by atoms with Crippen LogP contribution < -0.4 is 5.32 Å². The summed E-state index contributed by atoms with van der Waals surface area (Å²) in [4.78, 5) is 10.1. The van der Waals surface area contributed by atoms with E-state index in [0.717, 1.165) is 12.8 Å².